The number of hydrogen-bond donors (Lipinski definition) is 0. The van der Waals surface area contributed by atoms with Gasteiger partial charge in [-0.05, 0) is 36.0 Å². The zero-order chi connectivity index (χ0) is 20.2. The first-order valence-electron chi connectivity index (χ1n) is 10.4. The van der Waals surface area contributed by atoms with Gasteiger partial charge in [0.1, 0.15) is 5.76 Å². The predicted octanol–water partition coefficient (Wildman–Crippen LogP) is 5.95. The van der Waals surface area contributed by atoms with Crippen molar-refractivity contribution in [2.24, 2.45) is 10.8 Å². The molecular weight excluding hydrogens is 358 g/mol. The van der Waals surface area contributed by atoms with E-state index in [1.54, 1.807) is 0 Å². The fraction of sp³-hybridized carbons (Fsp3) is 0.346. The fourth-order valence-corrected chi connectivity index (χ4v) is 5.02. The lowest BCUT2D eigenvalue weighted by molar-refractivity contribution is -0.119. The van der Waals surface area contributed by atoms with Crippen molar-refractivity contribution >= 4 is 17.0 Å². The average Bonchev–Trinajstić information content (AvgIpc) is 3.47. The highest BCUT2D eigenvalue weighted by Gasteiger charge is 2.59. The van der Waals surface area contributed by atoms with Crippen LogP contribution in [-0.2, 0) is 9.53 Å². The molecule has 29 heavy (non-hydrogen) atoms. The van der Waals surface area contributed by atoms with E-state index in [1.807, 2.05) is 24.3 Å². The predicted molar refractivity (Wildman–Crippen MR) is 116 cm³/mol. The Bertz CT molecular complexity index is 1030. The Morgan fingerprint density at radius 2 is 1.48 bits per heavy atom. The number of anilines is 1. The number of allylic oxidation sites excluding steroid dienone is 3. The third kappa shape index (κ3) is 2.91. The van der Waals surface area contributed by atoms with Gasteiger partial charge in [0.05, 0.1) is 0 Å². The highest BCUT2D eigenvalue weighted by atomic mass is 16.5. The molecule has 1 aliphatic heterocycles. The molecule has 0 bridgehead atoms. The molecule has 3 aliphatic rings. The molecule has 0 radical (unpaired) electrons. The fourth-order valence-electron chi connectivity index (χ4n) is 5.02. The van der Waals surface area contributed by atoms with Gasteiger partial charge in [0.2, 0.25) is 5.88 Å². The number of carbonyl (C=O) groups is 1. The summed E-state index contributed by atoms with van der Waals surface area (Å²) < 4.78 is 6.62. The summed E-state index contributed by atoms with van der Waals surface area (Å²) in [5.41, 5.74) is 4.08. The molecule has 2 aromatic rings. The van der Waals surface area contributed by atoms with Crippen molar-refractivity contribution in [1.82, 2.24) is 0 Å². The lowest BCUT2D eigenvalue weighted by Crippen LogP contribution is -2.36. The molecule has 1 spiro atoms. The second-order valence-corrected chi connectivity index (χ2v) is 9.36. The molecule has 3 heteroatoms. The van der Waals surface area contributed by atoms with E-state index in [9.17, 15) is 4.79 Å². The van der Waals surface area contributed by atoms with E-state index in [-0.39, 0.29) is 16.6 Å². The average molecular weight is 386 g/mol. The Kier molecular flexibility index (Phi) is 3.99. The van der Waals surface area contributed by atoms with Crippen molar-refractivity contribution in [2.45, 2.75) is 39.5 Å². The van der Waals surface area contributed by atoms with Crippen molar-refractivity contribution in [3.8, 4) is 0 Å². The Morgan fingerprint density at radius 1 is 0.862 bits per heavy atom. The molecule has 0 amide bonds. The number of fused-ring (bicyclic) bond motifs is 1. The number of hydrogen-bond acceptors (Lipinski definition) is 3. The van der Waals surface area contributed by atoms with Crippen LogP contribution in [0.15, 0.2) is 77.9 Å². The first-order chi connectivity index (χ1) is 13.9. The van der Waals surface area contributed by atoms with Crippen LogP contribution in [0.4, 0.5) is 5.69 Å². The number of nitrogens with zero attached hydrogens (tertiary/aromatic N) is 1. The monoisotopic (exact) mass is 385 g/mol. The normalized spacial score (nSPS) is 21.7. The van der Waals surface area contributed by atoms with Gasteiger partial charge in [-0.15, -0.1) is 0 Å². The summed E-state index contributed by atoms with van der Waals surface area (Å²) in [6.45, 7) is 4.32. The molecule has 148 valence electrons. The first-order valence-corrected chi connectivity index (χ1v) is 10.4. The Morgan fingerprint density at radius 3 is 2.10 bits per heavy atom. The van der Waals surface area contributed by atoms with Gasteiger partial charge in [0.25, 0.3) is 0 Å². The number of para-hydroxylation sites is 1. The number of ether oxygens (including phenoxy) is 1. The topological polar surface area (TPSA) is 29.5 Å². The number of benzene rings is 2. The molecule has 0 unspecified atom stereocenters. The molecule has 2 aromatic carbocycles. The lowest BCUT2D eigenvalue weighted by atomic mass is 9.69. The van der Waals surface area contributed by atoms with Gasteiger partial charge in [0.15, 0.2) is 5.78 Å². The summed E-state index contributed by atoms with van der Waals surface area (Å²) in [5.74, 6) is 2.02. The van der Waals surface area contributed by atoms with Crippen LogP contribution in [-0.4, -0.2) is 12.8 Å². The molecule has 1 saturated carbocycles. The zero-order valence-corrected chi connectivity index (χ0v) is 17.4. The van der Waals surface area contributed by atoms with Gasteiger partial charge in [-0.3, -0.25) is 4.79 Å². The van der Waals surface area contributed by atoms with E-state index >= 15 is 0 Å². The van der Waals surface area contributed by atoms with E-state index in [0.29, 0.717) is 6.42 Å². The van der Waals surface area contributed by atoms with E-state index in [4.69, 9.17) is 4.74 Å². The van der Waals surface area contributed by atoms with E-state index < -0.39 is 0 Å². The Hall–Kier alpha value is -2.81. The second kappa shape index (κ2) is 6.35. The zero-order valence-electron chi connectivity index (χ0n) is 17.4. The van der Waals surface area contributed by atoms with Crippen LogP contribution in [0.5, 0.6) is 0 Å². The van der Waals surface area contributed by atoms with Crippen LogP contribution in [0.1, 0.15) is 45.1 Å². The molecular formula is C26H27NO2. The molecule has 0 saturated heterocycles. The SMILES string of the molecule is CN(C1=C(c2ccccc2)C2(CC2)C2=C(CC(C)(C)CC2=O)O1)c1ccccc1. The van der Waals surface area contributed by atoms with Gasteiger partial charge in [-0.2, -0.15) is 0 Å². The lowest BCUT2D eigenvalue weighted by Gasteiger charge is -2.41. The summed E-state index contributed by atoms with van der Waals surface area (Å²) in [6, 6.07) is 20.7. The Labute approximate surface area is 172 Å². The highest BCUT2D eigenvalue weighted by Crippen LogP contribution is 2.66. The van der Waals surface area contributed by atoms with Crippen molar-refractivity contribution in [3.63, 3.8) is 0 Å². The third-order valence-electron chi connectivity index (χ3n) is 6.49. The number of Topliss-reactive ketones (excluding diaryl/α,β-unsaturated/α-hetero) is 1. The number of carbonyl (C=O) groups excluding carboxylic acids is 1. The maximum atomic E-state index is 13.2. The molecule has 1 heterocycles. The molecule has 5 rings (SSSR count). The molecule has 3 nitrogen and oxygen atoms in total. The van der Waals surface area contributed by atoms with Crippen LogP contribution < -0.4 is 4.90 Å². The van der Waals surface area contributed by atoms with Crippen LogP contribution in [0, 0.1) is 10.8 Å². The second-order valence-electron chi connectivity index (χ2n) is 9.36. The van der Waals surface area contributed by atoms with Crippen molar-refractivity contribution < 1.29 is 9.53 Å². The minimum Gasteiger partial charge on any atom is -0.444 e. The quantitative estimate of drug-likeness (QED) is 0.654. The molecule has 0 atom stereocenters. The summed E-state index contributed by atoms with van der Waals surface area (Å²) in [7, 11) is 2.06. The van der Waals surface area contributed by atoms with Crippen LogP contribution in [0.25, 0.3) is 5.57 Å². The van der Waals surface area contributed by atoms with Gasteiger partial charge in [-0.1, -0.05) is 62.4 Å². The summed E-state index contributed by atoms with van der Waals surface area (Å²) in [5, 5.41) is 0. The van der Waals surface area contributed by atoms with E-state index in [1.165, 1.54) is 0 Å². The van der Waals surface area contributed by atoms with Crippen LogP contribution in [0.3, 0.4) is 0 Å². The first kappa shape index (κ1) is 18.2. The minimum atomic E-state index is -0.194. The van der Waals surface area contributed by atoms with Crippen molar-refractivity contribution in [2.75, 3.05) is 11.9 Å². The maximum absolute atomic E-state index is 13.2. The maximum Gasteiger partial charge on any atom is 0.204 e. The van der Waals surface area contributed by atoms with Gasteiger partial charge < -0.3 is 9.64 Å². The third-order valence-corrected chi connectivity index (χ3v) is 6.49. The molecule has 0 aromatic heterocycles. The summed E-state index contributed by atoms with van der Waals surface area (Å²) in [6.07, 6.45) is 3.43. The minimum absolute atomic E-state index is 0.0628. The summed E-state index contributed by atoms with van der Waals surface area (Å²) >= 11 is 0. The molecule has 2 aliphatic carbocycles. The van der Waals surface area contributed by atoms with Crippen molar-refractivity contribution in [1.29, 1.82) is 0 Å². The van der Waals surface area contributed by atoms with Crippen LogP contribution >= 0.6 is 0 Å². The number of ketones is 1. The van der Waals surface area contributed by atoms with E-state index in [0.717, 1.165) is 53.3 Å². The van der Waals surface area contributed by atoms with Crippen molar-refractivity contribution in [3.05, 3.63) is 83.4 Å². The number of rotatable bonds is 3. The van der Waals surface area contributed by atoms with E-state index in [2.05, 4.69) is 62.2 Å². The van der Waals surface area contributed by atoms with Gasteiger partial charge in [-0.25, -0.2) is 0 Å². The van der Waals surface area contributed by atoms with Gasteiger partial charge >= 0.3 is 0 Å². The van der Waals surface area contributed by atoms with Gasteiger partial charge in [0, 0.05) is 42.1 Å². The highest BCUT2D eigenvalue weighted by molar-refractivity contribution is 6.04. The summed E-state index contributed by atoms with van der Waals surface area (Å²) in [4.78, 5) is 15.4. The largest absolute Gasteiger partial charge is 0.444 e. The Balaban J connectivity index is 1.70. The smallest absolute Gasteiger partial charge is 0.204 e. The molecule has 0 N–H and O–H groups in total. The molecule has 1 fully saturated rings. The standard InChI is InChI=1S/C26H27NO2/c1-25(2)16-20(28)23-21(17-25)29-24(27(3)19-12-8-5-9-13-19)22(26(23)14-15-26)18-10-6-4-7-11-18/h4-13H,14-17H2,1-3H3. The van der Waals surface area contributed by atoms with Crippen LogP contribution in [0.2, 0.25) is 0 Å².